The normalized spacial score (nSPS) is 14.0. The predicted molar refractivity (Wildman–Crippen MR) is 113 cm³/mol. The fourth-order valence-electron chi connectivity index (χ4n) is 2.39. The molecule has 0 aromatic heterocycles. The maximum Gasteiger partial charge on any atom is 0.259 e. The minimum Gasteiger partial charge on any atom is -0.312 e. The third-order valence-electron chi connectivity index (χ3n) is 3.78. The number of carbonyl (C=O) groups is 1. The van der Waals surface area contributed by atoms with Crippen LogP contribution in [0.2, 0.25) is 0 Å². The van der Waals surface area contributed by atoms with E-state index in [4.69, 9.17) is 0 Å². The monoisotopic (exact) mass is 348 g/mol. The van der Waals surface area contributed by atoms with Crippen molar-refractivity contribution in [1.29, 1.82) is 0 Å². The van der Waals surface area contributed by atoms with E-state index in [0.29, 0.717) is 11.3 Å². The molecule has 0 aliphatic rings. The van der Waals surface area contributed by atoms with Crippen molar-refractivity contribution in [1.82, 2.24) is 4.90 Å². The third kappa shape index (κ3) is 6.17. The van der Waals surface area contributed by atoms with Gasteiger partial charge in [-0.2, -0.15) is 0 Å². The van der Waals surface area contributed by atoms with Crippen molar-refractivity contribution < 1.29 is 4.79 Å². The zero-order valence-corrected chi connectivity index (χ0v) is 16.3. The molecule has 0 fully saturated rings. The van der Waals surface area contributed by atoms with E-state index in [1.807, 2.05) is 94.5 Å². The molecule has 0 N–H and O–H groups in total. The molecule has 0 radical (unpaired) electrons. The molecule has 0 heterocycles. The van der Waals surface area contributed by atoms with E-state index in [1.54, 1.807) is 24.2 Å². The van der Waals surface area contributed by atoms with E-state index >= 15 is 0 Å². The summed E-state index contributed by atoms with van der Waals surface area (Å²) in [5.41, 5.74) is 3.17. The number of allylic oxidation sites excluding steroid dienone is 6. The van der Waals surface area contributed by atoms with E-state index < -0.39 is 0 Å². The number of amides is 1. The molecule has 0 aliphatic carbocycles. The number of hydrogen-bond acceptors (Lipinski definition) is 2. The first-order valence-electron chi connectivity index (χ1n) is 8.74. The molecule has 1 aromatic carbocycles. The lowest BCUT2D eigenvalue weighted by Crippen LogP contribution is -2.27. The Morgan fingerprint density at radius 2 is 1.69 bits per heavy atom. The molecule has 26 heavy (non-hydrogen) atoms. The van der Waals surface area contributed by atoms with Gasteiger partial charge >= 0.3 is 0 Å². The molecule has 0 atom stereocenters. The molecule has 0 unspecified atom stereocenters. The van der Waals surface area contributed by atoms with Crippen molar-refractivity contribution in [3.63, 3.8) is 0 Å². The number of likely N-dealkylation sites (N-methyl/N-ethyl adjacent to an activating group) is 1. The summed E-state index contributed by atoms with van der Waals surface area (Å²) in [6, 6.07) is 10.0. The maximum atomic E-state index is 12.9. The quantitative estimate of drug-likeness (QED) is 0.361. The first kappa shape index (κ1) is 21.1. The molecular weight excluding hydrogens is 320 g/mol. The second-order valence-corrected chi connectivity index (χ2v) is 5.50. The van der Waals surface area contributed by atoms with Crippen LogP contribution in [-0.2, 0) is 4.79 Å². The van der Waals surface area contributed by atoms with Crippen LogP contribution in [-0.4, -0.2) is 24.1 Å². The lowest BCUT2D eigenvalue weighted by Gasteiger charge is -2.20. The van der Waals surface area contributed by atoms with Crippen LogP contribution in [0.1, 0.15) is 33.3 Å². The lowest BCUT2D eigenvalue weighted by molar-refractivity contribution is -0.123. The number of rotatable bonds is 7. The smallest absolute Gasteiger partial charge is 0.259 e. The van der Waals surface area contributed by atoms with Gasteiger partial charge in [-0.05, 0) is 45.4 Å². The minimum atomic E-state index is -0.0870. The van der Waals surface area contributed by atoms with Crippen LogP contribution in [0.3, 0.4) is 0 Å². The van der Waals surface area contributed by atoms with Crippen LogP contribution >= 0.6 is 0 Å². The molecule has 3 nitrogen and oxygen atoms in total. The SMILES string of the molecule is C/C=C\C(=C/C)N(C)C(=O)C(=C/C)/C(=C\C)/N=C/C=C/c1ccccc1. The number of aliphatic imine (C=N–C) groups is 1. The second-order valence-electron chi connectivity index (χ2n) is 5.50. The number of nitrogens with zero attached hydrogens (tertiary/aromatic N) is 2. The highest BCUT2D eigenvalue weighted by molar-refractivity contribution is 5.99. The van der Waals surface area contributed by atoms with Crippen LogP contribution in [0.5, 0.6) is 0 Å². The van der Waals surface area contributed by atoms with Crippen LogP contribution in [0.25, 0.3) is 6.08 Å². The van der Waals surface area contributed by atoms with E-state index in [1.165, 1.54) is 0 Å². The van der Waals surface area contributed by atoms with Gasteiger partial charge in [0.25, 0.3) is 5.91 Å². The lowest BCUT2D eigenvalue weighted by atomic mass is 10.1. The Morgan fingerprint density at radius 1 is 1.00 bits per heavy atom. The van der Waals surface area contributed by atoms with Crippen molar-refractivity contribution in [3.05, 3.63) is 89.3 Å². The molecule has 136 valence electrons. The van der Waals surface area contributed by atoms with Gasteiger partial charge < -0.3 is 4.90 Å². The van der Waals surface area contributed by atoms with Crippen molar-refractivity contribution in [3.8, 4) is 0 Å². The standard InChI is InChI=1S/C23H28N2O/c1-6-14-20(7-2)25(5)23(26)21(8-3)22(9-4)24-18-13-17-19-15-11-10-12-16-19/h6-18H,1-5H3/b14-6-,17-13+,20-7+,21-8+,22-9+,24-18+. The Bertz CT molecular complexity index is 763. The summed E-state index contributed by atoms with van der Waals surface area (Å²) in [6.45, 7) is 7.58. The molecule has 1 rings (SSSR count). The minimum absolute atomic E-state index is 0.0870. The molecule has 0 spiro atoms. The van der Waals surface area contributed by atoms with Gasteiger partial charge in [0.2, 0.25) is 0 Å². The first-order valence-corrected chi connectivity index (χ1v) is 8.74. The highest BCUT2D eigenvalue weighted by atomic mass is 16.2. The van der Waals surface area contributed by atoms with Gasteiger partial charge in [-0.1, -0.05) is 60.7 Å². The predicted octanol–water partition coefficient (Wildman–Crippen LogP) is 5.56. The second kappa shape index (κ2) is 11.6. The summed E-state index contributed by atoms with van der Waals surface area (Å²) < 4.78 is 0. The van der Waals surface area contributed by atoms with Gasteiger partial charge in [0.05, 0.1) is 11.3 Å². The van der Waals surface area contributed by atoms with Gasteiger partial charge in [-0.15, -0.1) is 0 Å². The summed E-state index contributed by atoms with van der Waals surface area (Å²) in [5, 5.41) is 0. The summed E-state index contributed by atoms with van der Waals surface area (Å²) in [5.74, 6) is -0.0870. The largest absolute Gasteiger partial charge is 0.312 e. The fraction of sp³-hybridized carbons (Fsp3) is 0.217. The van der Waals surface area contributed by atoms with Crippen LogP contribution in [0.15, 0.2) is 88.7 Å². The number of carbonyl (C=O) groups excluding carboxylic acids is 1. The van der Waals surface area contributed by atoms with Gasteiger partial charge in [0.15, 0.2) is 0 Å². The molecule has 0 aliphatic heterocycles. The Balaban J connectivity index is 2.94. The number of hydrogen-bond donors (Lipinski definition) is 0. The molecule has 1 aromatic rings. The molecular formula is C23H28N2O. The summed E-state index contributed by atoms with van der Waals surface area (Å²) >= 11 is 0. The zero-order chi connectivity index (χ0) is 19.4. The highest BCUT2D eigenvalue weighted by Gasteiger charge is 2.18. The fourth-order valence-corrected chi connectivity index (χ4v) is 2.39. The molecule has 3 heteroatoms. The zero-order valence-electron chi connectivity index (χ0n) is 16.3. The van der Waals surface area contributed by atoms with Crippen molar-refractivity contribution in [2.45, 2.75) is 27.7 Å². The van der Waals surface area contributed by atoms with Crippen LogP contribution in [0.4, 0.5) is 0 Å². The summed E-state index contributed by atoms with van der Waals surface area (Å²) in [6.07, 6.45) is 14.9. The third-order valence-corrected chi connectivity index (χ3v) is 3.78. The van der Waals surface area contributed by atoms with Gasteiger partial charge in [-0.25, -0.2) is 0 Å². The van der Waals surface area contributed by atoms with E-state index in [2.05, 4.69) is 4.99 Å². The van der Waals surface area contributed by atoms with E-state index in [-0.39, 0.29) is 5.91 Å². The van der Waals surface area contributed by atoms with Gasteiger partial charge in [0, 0.05) is 19.0 Å². The Kier molecular flexibility index (Phi) is 9.40. The molecule has 0 saturated carbocycles. The average molecular weight is 348 g/mol. The van der Waals surface area contributed by atoms with Crippen molar-refractivity contribution >= 4 is 18.2 Å². The molecule has 1 amide bonds. The van der Waals surface area contributed by atoms with Gasteiger partial charge in [-0.3, -0.25) is 9.79 Å². The van der Waals surface area contributed by atoms with E-state index in [9.17, 15) is 4.79 Å². The van der Waals surface area contributed by atoms with Crippen LogP contribution in [0, 0.1) is 0 Å². The Morgan fingerprint density at radius 3 is 2.23 bits per heavy atom. The van der Waals surface area contributed by atoms with E-state index in [0.717, 1.165) is 11.3 Å². The summed E-state index contributed by atoms with van der Waals surface area (Å²) in [4.78, 5) is 18.9. The topological polar surface area (TPSA) is 32.7 Å². The maximum absolute atomic E-state index is 12.9. The summed E-state index contributed by atoms with van der Waals surface area (Å²) in [7, 11) is 1.77. The Labute approximate surface area is 157 Å². The number of benzene rings is 1. The van der Waals surface area contributed by atoms with Crippen molar-refractivity contribution in [2.24, 2.45) is 4.99 Å². The first-order chi connectivity index (χ1) is 12.6. The average Bonchev–Trinajstić information content (AvgIpc) is 2.68. The Hall–Kier alpha value is -2.94. The molecule has 0 saturated heterocycles. The van der Waals surface area contributed by atoms with Crippen molar-refractivity contribution in [2.75, 3.05) is 7.05 Å². The van der Waals surface area contributed by atoms with Gasteiger partial charge in [0.1, 0.15) is 0 Å². The highest BCUT2D eigenvalue weighted by Crippen LogP contribution is 2.17. The molecule has 0 bridgehead atoms. The van der Waals surface area contributed by atoms with Crippen LogP contribution < -0.4 is 0 Å².